The Bertz CT molecular complexity index is 349. The van der Waals surface area contributed by atoms with E-state index in [9.17, 15) is 0 Å². The zero-order valence-electron chi connectivity index (χ0n) is 7.60. The molecule has 0 amide bonds. The van der Waals surface area contributed by atoms with E-state index in [-0.39, 0.29) is 0 Å². The van der Waals surface area contributed by atoms with Gasteiger partial charge in [-0.15, -0.1) is 0 Å². The summed E-state index contributed by atoms with van der Waals surface area (Å²) < 4.78 is 1.15. The second-order valence-corrected chi connectivity index (χ2v) is 4.32. The molecular formula is C11H12BrN. The summed E-state index contributed by atoms with van der Waals surface area (Å²) >= 11 is 3.48. The van der Waals surface area contributed by atoms with Gasteiger partial charge in [-0.05, 0) is 35.8 Å². The minimum Gasteiger partial charge on any atom is -0.309 e. The Morgan fingerprint density at radius 1 is 1.38 bits per heavy atom. The van der Waals surface area contributed by atoms with Crippen LogP contribution in [-0.2, 0) is 0 Å². The molecule has 1 N–H and O–H groups in total. The summed E-state index contributed by atoms with van der Waals surface area (Å²) in [6.07, 6.45) is 2.27. The van der Waals surface area contributed by atoms with E-state index in [0.29, 0.717) is 0 Å². The minimum absolute atomic E-state index is 1.05. The summed E-state index contributed by atoms with van der Waals surface area (Å²) in [4.78, 5) is 0. The lowest BCUT2D eigenvalue weighted by atomic mass is 10.0. The lowest BCUT2D eigenvalue weighted by Crippen LogP contribution is -2.33. The first kappa shape index (κ1) is 8.97. The number of benzene rings is 1. The standard InChI is InChI=1S/C11H12BrN/c1-8-2-3-11(12)5-10(8)4-9-6-13-7-9/h2-5,13H,6-7H2,1H3. The fraction of sp³-hybridized carbons (Fsp3) is 0.273. The van der Waals surface area contributed by atoms with Gasteiger partial charge in [-0.1, -0.05) is 28.1 Å². The van der Waals surface area contributed by atoms with Crippen LogP contribution in [0, 0.1) is 6.92 Å². The molecule has 0 aliphatic carbocycles. The van der Waals surface area contributed by atoms with Gasteiger partial charge in [0.25, 0.3) is 0 Å². The lowest BCUT2D eigenvalue weighted by molar-refractivity contribution is 0.675. The molecule has 0 spiro atoms. The molecule has 1 aromatic rings. The second kappa shape index (κ2) is 3.64. The number of halogens is 1. The Morgan fingerprint density at radius 3 is 2.77 bits per heavy atom. The maximum absolute atomic E-state index is 3.48. The third-order valence-electron chi connectivity index (χ3n) is 2.31. The van der Waals surface area contributed by atoms with E-state index in [0.717, 1.165) is 17.6 Å². The highest BCUT2D eigenvalue weighted by Gasteiger charge is 2.07. The van der Waals surface area contributed by atoms with E-state index in [1.165, 1.54) is 16.7 Å². The van der Waals surface area contributed by atoms with Gasteiger partial charge >= 0.3 is 0 Å². The van der Waals surface area contributed by atoms with Crippen molar-refractivity contribution in [2.24, 2.45) is 0 Å². The quantitative estimate of drug-likeness (QED) is 0.793. The average Bonchev–Trinajstić information content (AvgIpc) is 2.03. The molecule has 0 saturated carbocycles. The number of nitrogens with one attached hydrogen (secondary N) is 1. The van der Waals surface area contributed by atoms with Gasteiger partial charge in [0.2, 0.25) is 0 Å². The zero-order valence-corrected chi connectivity index (χ0v) is 9.19. The van der Waals surface area contributed by atoms with Crippen molar-refractivity contribution >= 4 is 22.0 Å². The number of hydrogen-bond donors (Lipinski definition) is 1. The molecule has 0 unspecified atom stereocenters. The highest BCUT2D eigenvalue weighted by Crippen LogP contribution is 2.19. The van der Waals surface area contributed by atoms with E-state index in [1.54, 1.807) is 0 Å². The summed E-state index contributed by atoms with van der Waals surface area (Å²) in [5, 5.41) is 3.24. The van der Waals surface area contributed by atoms with Gasteiger partial charge in [-0.2, -0.15) is 0 Å². The first-order valence-electron chi connectivity index (χ1n) is 4.42. The van der Waals surface area contributed by atoms with Gasteiger partial charge < -0.3 is 5.32 Å². The van der Waals surface area contributed by atoms with E-state index in [4.69, 9.17) is 0 Å². The molecule has 2 rings (SSSR count). The summed E-state index contributed by atoms with van der Waals surface area (Å²) in [7, 11) is 0. The molecule has 1 fully saturated rings. The molecule has 68 valence electrons. The monoisotopic (exact) mass is 237 g/mol. The fourth-order valence-corrected chi connectivity index (χ4v) is 1.74. The Kier molecular flexibility index (Phi) is 2.51. The molecular weight excluding hydrogens is 226 g/mol. The first-order chi connectivity index (χ1) is 6.25. The molecule has 1 saturated heterocycles. The van der Waals surface area contributed by atoms with Crippen molar-refractivity contribution in [1.29, 1.82) is 0 Å². The third kappa shape index (κ3) is 2.01. The average molecular weight is 238 g/mol. The molecule has 1 aliphatic heterocycles. The van der Waals surface area contributed by atoms with Crippen LogP contribution >= 0.6 is 15.9 Å². The van der Waals surface area contributed by atoms with Crippen LogP contribution in [-0.4, -0.2) is 13.1 Å². The normalized spacial score (nSPS) is 15.4. The van der Waals surface area contributed by atoms with Gasteiger partial charge in [0.1, 0.15) is 0 Å². The smallest absolute Gasteiger partial charge is 0.0183 e. The van der Waals surface area contributed by atoms with E-state index in [2.05, 4.69) is 52.4 Å². The predicted octanol–water partition coefficient (Wildman–Crippen LogP) is 2.74. The first-order valence-corrected chi connectivity index (χ1v) is 5.21. The van der Waals surface area contributed by atoms with Crippen molar-refractivity contribution in [2.45, 2.75) is 6.92 Å². The van der Waals surface area contributed by atoms with E-state index < -0.39 is 0 Å². The van der Waals surface area contributed by atoms with Gasteiger partial charge in [-0.25, -0.2) is 0 Å². The number of aryl methyl sites for hydroxylation is 1. The van der Waals surface area contributed by atoms with Gasteiger partial charge in [-0.3, -0.25) is 0 Å². The van der Waals surface area contributed by atoms with Crippen LogP contribution in [0.2, 0.25) is 0 Å². The van der Waals surface area contributed by atoms with Crippen molar-refractivity contribution in [3.05, 3.63) is 39.4 Å². The largest absolute Gasteiger partial charge is 0.309 e. The summed E-state index contributed by atoms with van der Waals surface area (Å²) in [6, 6.07) is 6.39. The van der Waals surface area contributed by atoms with Crippen LogP contribution < -0.4 is 5.32 Å². The molecule has 2 heteroatoms. The van der Waals surface area contributed by atoms with Crippen molar-refractivity contribution in [3.8, 4) is 0 Å². The molecule has 1 aliphatic rings. The van der Waals surface area contributed by atoms with Gasteiger partial charge in [0.05, 0.1) is 0 Å². The number of rotatable bonds is 1. The highest BCUT2D eigenvalue weighted by molar-refractivity contribution is 9.10. The van der Waals surface area contributed by atoms with Crippen molar-refractivity contribution in [3.63, 3.8) is 0 Å². The van der Waals surface area contributed by atoms with Crippen LogP contribution in [0.4, 0.5) is 0 Å². The summed E-state index contributed by atoms with van der Waals surface area (Å²) in [6.45, 7) is 4.24. The van der Waals surface area contributed by atoms with Crippen LogP contribution in [0.1, 0.15) is 11.1 Å². The van der Waals surface area contributed by atoms with Crippen LogP contribution in [0.3, 0.4) is 0 Å². The second-order valence-electron chi connectivity index (χ2n) is 3.41. The molecule has 0 bridgehead atoms. The molecule has 1 heterocycles. The number of hydrogen-bond acceptors (Lipinski definition) is 1. The Labute approximate surface area is 87.0 Å². The van der Waals surface area contributed by atoms with Crippen LogP contribution in [0.15, 0.2) is 28.2 Å². The molecule has 1 nitrogen and oxygen atoms in total. The maximum atomic E-state index is 3.48. The van der Waals surface area contributed by atoms with Crippen LogP contribution in [0.5, 0.6) is 0 Å². The lowest BCUT2D eigenvalue weighted by Gasteiger charge is -2.18. The van der Waals surface area contributed by atoms with E-state index >= 15 is 0 Å². The SMILES string of the molecule is Cc1ccc(Br)cc1C=C1CNC1. The van der Waals surface area contributed by atoms with E-state index in [1.807, 2.05) is 0 Å². The zero-order chi connectivity index (χ0) is 9.26. The topological polar surface area (TPSA) is 12.0 Å². The molecule has 1 aromatic carbocycles. The Morgan fingerprint density at radius 2 is 2.15 bits per heavy atom. The van der Waals surface area contributed by atoms with Crippen molar-refractivity contribution in [1.82, 2.24) is 5.32 Å². The van der Waals surface area contributed by atoms with Crippen molar-refractivity contribution in [2.75, 3.05) is 13.1 Å². The van der Waals surface area contributed by atoms with Gasteiger partial charge in [0, 0.05) is 17.6 Å². The molecule has 0 aromatic heterocycles. The minimum atomic E-state index is 1.05. The Hall–Kier alpha value is -0.600. The third-order valence-corrected chi connectivity index (χ3v) is 2.80. The summed E-state index contributed by atoms with van der Waals surface area (Å²) in [5.74, 6) is 0. The Balaban J connectivity index is 2.33. The highest BCUT2D eigenvalue weighted by atomic mass is 79.9. The van der Waals surface area contributed by atoms with Crippen LogP contribution in [0.25, 0.3) is 6.08 Å². The van der Waals surface area contributed by atoms with Gasteiger partial charge in [0.15, 0.2) is 0 Å². The fourth-order valence-electron chi connectivity index (χ4n) is 1.36. The molecule has 0 radical (unpaired) electrons. The molecule has 0 atom stereocenters. The summed E-state index contributed by atoms with van der Waals surface area (Å²) in [5.41, 5.74) is 4.15. The predicted molar refractivity (Wildman–Crippen MR) is 59.7 cm³/mol. The molecule has 13 heavy (non-hydrogen) atoms. The van der Waals surface area contributed by atoms with Crippen molar-refractivity contribution < 1.29 is 0 Å². The maximum Gasteiger partial charge on any atom is 0.0183 e.